The summed E-state index contributed by atoms with van der Waals surface area (Å²) in [6.07, 6.45) is 3.60. The van der Waals surface area contributed by atoms with Crippen molar-refractivity contribution in [1.82, 2.24) is 5.32 Å². The SMILES string of the molecule is CCCC(CC)NCc1ccc(OCC#N)cc1. The van der Waals surface area contributed by atoms with Crippen LogP contribution in [-0.2, 0) is 6.54 Å². The average molecular weight is 246 g/mol. The lowest BCUT2D eigenvalue weighted by molar-refractivity contribution is 0.368. The zero-order chi connectivity index (χ0) is 13.2. The summed E-state index contributed by atoms with van der Waals surface area (Å²) in [4.78, 5) is 0. The molecule has 3 heteroatoms. The molecule has 1 rings (SSSR count). The molecule has 0 radical (unpaired) electrons. The van der Waals surface area contributed by atoms with Gasteiger partial charge in [0.15, 0.2) is 6.61 Å². The maximum Gasteiger partial charge on any atom is 0.174 e. The number of ether oxygens (including phenoxy) is 1. The maximum absolute atomic E-state index is 8.42. The van der Waals surface area contributed by atoms with E-state index < -0.39 is 0 Å². The van der Waals surface area contributed by atoms with Gasteiger partial charge in [0.1, 0.15) is 11.8 Å². The van der Waals surface area contributed by atoms with Crippen molar-refractivity contribution >= 4 is 0 Å². The first kappa shape index (κ1) is 14.5. The molecule has 0 heterocycles. The molecule has 1 atom stereocenters. The minimum absolute atomic E-state index is 0.103. The van der Waals surface area contributed by atoms with Crippen molar-refractivity contribution in [3.8, 4) is 11.8 Å². The molecule has 0 fully saturated rings. The van der Waals surface area contributed by atoms with Crippen LogP contribution in [0.3, 0.4) is 0 Å². The molecular weight excluding hydrogens is 224 g/mol. The number of nitrogens with one attached hydrogen (secondary N) is 1. The van der Waals surface area contributed by atoms with Crippen molar-refractivity contribution in [2.75, 3.05) is 6.61 Å². The molecule has 0 bridgehead atoms. The predicted octanol–water partition coefficient (Wildman–Crippen LogP) is 3.26. The topological polar surface area (TPSA) is 45.0 Å². The molecule has 1 unspecified atom stereocenters. The van der Waals surface area contributed by atoms with Crippen LogP contribution in [0.4, 0.5) is 0 Å². The third-order valence-corrected chi connectivity index (χ3v) is 2.95. The number of nitrogens with zero attached hydrogens (tertiary/aromatic N) is 1. The summed E-state index contributed by atoms with van der Waals surface area (Å²) in [5.74, 6) is 0.751. The van der Waals surface area contributed by atoms with Gasteiger partial charge in [-0.3, -0.25) is 0 Å². The van der Waals surface area contributed by atoms with Crippen LogP contribution in [0.5, 0.6) is 5.75 Å². The second-order valence-electron chi connectivity index (χ2n) is 4.37. The van der Waals surface area contributed by atoms with E-state index in [1.807, 2.05) is 30.3 Å². The molecule has 98 valence electrons. The van der Waals surface area contributed by atoms with Crippen LogP contribution >= 0.6 is 0 Å². The first-order valence-corrected chi connectivity index (χ1v) is 6.62. The fourth-order valence-corrected chi connectivity index (χ4v) is 1.88. The van der Waals surface area contributed by atoms with Gasteiger partial charge in [-0.2, -0.15) is 5.26 Å². The summed E-state index contributed by atoms with van der Waals surface area (Å²) in [6, 6.07) is 10.5. The third-order valence-electron chi connectivity index (χ3n) is 2.95. The normalized spacial score (nSPS) is 11.8. The number of nitriles is 1. The summed E-state index contributed by atoms with van der Waals surface area (Å²) in [5.41, 5.74) is 1.24. The van der Waals surface area contributed by atoms with E-state index in [0.29, 0.717) is 6.04 Å². The number of hydrogen-bond acceptors (Lipinski definition) is 3. The van der Waals surface area contributed by atoms with Gasteiger partial charge in [-0.15, -0.1) is 0 Å². The van der Waals surface area contributed by atoms with Crippen LogP contribution < -0.4 is 10.1 Å². The summed E-state index contributed by atoms with van der Waals surface area (Å²) >= 11 is 0. The zero-order valence-corrected chi connectivity index (χ0v) is 11.3. The Labute approximate surface area is 110 Å². The van der Waals surface area contributed by atoms with E-state index in [1.54, 1.807) is 0 Å². The van der Waals surface area contributed by atoms with E-state index in [9.17, 15) is 0 Å². The van der Waals surface area contributed by atoms with Gasteiger partial charge >= 0.3 is 0 Å². The van der Waals surface area contributed by atoms with Crippen LogP contribution in [0, 0.1) is 11.3 Å². The lowest BCUT2D eigenvalue weighted by Gasteiger charge is -2.16. The number of benzene rings is 1. The van der Waals surface area contributed by atoms with Crippen molar-refractivity contribution in [2.24, 2.45) is 0 Å². The molecular formula is C15H22N2O. The minimum Gasteiger partial charge on any atom is -0.479 e. The number of rotatable bonds is 8. The standard InChI is InChI=1S/C15H22N2O/c1-3-5-14(4-2)17-12-13-6-8-15(9-7-13)18-11-10-16/h6-9,14,17H,3-5,11-12H2,1-2H3. The largest absolute Gasteiger partial charge is 0.479 e. The Bertz CT molecular complexity index is 367. The van der Waals surface area contributed by atoms with E-state index in [2.05, 4.69) is 19.2 Å². The first-order chi connectivity index (χ1) is 8.80. The van der Waals surface area contributed by atoms with Crippen molar-refractivity contribution in [2.45, 2.75) is 45.7 Å². The molecule has 3 nitrogen and oxygen atoms in total. The van der Waals surface area contributed by atoms with Crippen molar-refractivity contribution in [3.05, 3.63) is 29.8 Å². The molecule has 1 aromatic carbocycles. The monoisotopic (exact) mass is 246 g/mol. The highest BCUT2D eigenvalue weighted by Crippen LogP contribution is 2.12. The highest BCUT2D eigenvalue weighted by atomic mass is 16.5. The Morgan fingerprint density at radius 1 is 1.28 bits per heavy atom. The molecule has 0 aliphatic rings. The lowest BCUT2D eigenvalue weighted by atomic mass is 10.1. The van der Waals surface area contributed by atoms with E-state index in [1.165, 1.54) is 18.4 Å². The van der Waals surface area contributed by atoms with E-state index in [-0.39, 0.29) is 6.61 Å². The van der Waals surface area contributed by atoms with Gasteiger partial charge in [0.2, 0.25) is 0 Å². The van der Waals surface area contributed by atoms with Crippen LogP contribution in [0.1, 0.15) is 38.7 Å². The summed E-state index contributed by atoms with van der Waals surface area (Å²) in [6.45, 7) is 5.42. The Morgan fingerprint density at radius 3 is 2.56 bits per heavy atom. The van der Waals surface area contributed by atoms with E-state index in [0.717, 1.165) is 18.7 Å². The lowest BCUT2D eigenvalue weighted by Crippen LogP contribution is -2.27. The highest BCUT2D eigenvalue weighted by molar-refractivity contribution is 5.27. The Morgan fingerprint density at radius 2 is 2.00 bits per heavy atom. The molecule has 1 aromatic rings. The molecule has 0 aliphatic heterocycles. The van der Waals surface area contributed by atoms with Crippen LogP contribution in [0.2, 0.25) is 0 Å². The van der Waals surface area contributed by atoms with Gasteiger partial charge in [-0.25, -0.2) is 0 Å². The highest BCUT2D eigenvalue weighted by Gasteiger charge is 2.03. The molecule has 0 aromatic heterocycles. The van der Waals surface area contributed by atoms with Crippen molar-refractivity contribution < 1.29 is 4.74 Å². The summed E-state index contributed by atoms with van der Waals surface area (Å²) in [7, 11) is 0. The minimum atomic E-state index is 0.103. The van der Waals surface area contributed by atoms with Gasteiger partial charge in [0, 0.05) is 12.6 Å². The molecule has 0 aliphatic carbocycles. The Kier molecular flexibility index (Phi) is 6.90. The maximum atomic E-state index is 8.42. The van der Waals surface area contributed by atoms with Crippen LogP contribution in [-0.4, -0.2) is 12.6 Å². The molecule has 0 amide bonds. The van der Waals surface area contributed by atoms with Gasteiger partial charge in [0.05, 0.1) is 0 Å². The zero-order valence-electron chi connectivity index (χ0n) is 11.3. The molecule has 0 saturated heterocycles. The van der Waals surface area contributed by atoms with Crippen molar-refractivity contribution in [1.29, 1.82) is 5.26 Å². The molecule has 1 N–H and O–H groups in total. The van der Waals surface area contributed by atoms with Gasteiger partial charge < -0.3 is 10.1 Å². The molecule has 0 saturated carbocycles. The summed E-state index contributed by atoms with van der Waals surface area (Å²) in [5, 5.41) is 12.0. The van der Waals surface area contributed by atoms with E-state index >= 15 is 0 Å². The van der Waals surface area contributed by atoms with Gasteiger partial charge in [0.25, 0.3) is 0 Å². The van der Waals surface area contributed by atoms with Crippen LogP contribution in [0.15, 0.2) is 24.3 Å². The summed E-state index contributed by atoms with van der Waals surface area (Å²) < 4.78 is 5.21. The van der Waals surface area contributed by atoms with Crippen LogP contribution in [0.25, 0.3) is 0 Å². The third kappa shape index (κ3) is 5.20. The second-order valence-corrected chi connectivity index (χ2v) is 4.37. The Balaban J connectivity index is 2.41. The smallest absolute Gasteiger partial charge is 0.174 e. The second kappa shape index (κ2) is 8.54. The van der Waals surface area contributed by atoms with Gasteiger partial charge in [-0.1, -0.05) is 32.4 Å². The quantitative estimate of drug-likeness (QED) is 0.765. The molecule has 18 heavy (non-hydrogen) atoms. The Hall–Kier alpha value is -1.53. The fourth-order valence-electron chi connectivity index (χ4n) is 1.88. The fraction of sp³-hybridized carbons (Fsp3) is 0.533. The van der Waals surface area contributed by atoms with Crippen molar-refractivity contribution in [3.63, 3.8) is 0 Å². The number of hydrogen-bond donors (Lipinski definition) is 1. The van der Waals surface area contributed by atoms with E-state index in [4.69, 9.17) is 10.00 Å². The molecule has 0 spiro atoms. The first-order valence-electron chi connectivity index (χ1n) is 6.62. The average Bonchev–Trinajstić information content (AvgIpc) is 2.42. The van der Waals surface area contributed by atoms with Gasteiger partial charge in [-0.05, 0) is 30.5 Å². The predicted molar refractivity (Wildman–Crippen MR) is 73.4 cm³/mol.